The number of H-pyrrole nitrogens is 1. The van der Waals surface area contributed by atoms with Crippen LogP contribution >= 0.6 is 0 Å². The number of hydrogen-bond acceptors (Lipinski definition) is 4. The maximum Gasteiger partial charge on any atom is 0.250 e. The number of nitrogens with one attached hydrogen (secondary N) is 1. The van der Waals surface area contributed by atoms with E-state index < -0.39 is 11.6 Å². The Labute approximate surface area is 74.8 Å². The molecule has 5 heteroatoms. The first-order valence-electron chi connectivity index (χ1n) is 3.93. The standard InChI is InChI=1S/C8H12N2O3/c9-6(1-2-11)5-3-7(12)10-8(13)4-5/h3-4,6,11H,1-2,9H2,(H2,10,12,13)/t6-/m0/s1. The molecule has 0 bridgehead atoms. The van der Waals surface area contributed by atoms with E-state index in [1.54, 1.807) is 0 Å². The van der Waals surface area contributed by atoms with E-state index >= 15 is 0 Å². The molecule has 0 amide bonds. The number of aliphatic hydroxyl groups is 1. The molecule has 1 aromatic rings. The fourth-order valence-electron chi connectivity index (χ4n) is 1.07. The van der Waals surface area contributed by atoms with Crippen LogP contribution in [0.2, 0.25) is 0 Å². The summed E-state index contributed by atoms with van der Waals surface area (Å²) in [7, 11) is 0. The molecule has 0 saturated carbocycles. The van der Waals surface area contributed by atoms with Crippen LogP contribution < -0.4 is 11.3 Å². The quantitative estimate of drug-likeness (QED) is 0.507. The van der Waals surface area contributed by atoms with Gasteiger partial charge in [-0.25, -0.2) is 0 Å². The van der Waals surface area contributed by atoms with Gasteiger partial charge in [-0.1, -0.05) is 0 Å². The zero-order valence-corrected chi connectivity index (χ0v) is 7.03. The lowest BCUT2D eigenvalue weighted by molar-refractivity contribution is 0.276. The molecule has 5 N–H and O–H groups in total. The van der Waals surface area contributed by atoms with Crippen molar-refractivity contribution < 1.29 is 10.2 Å². The van der Waals surface area contributed by atoms with E-state index in [1.807, 2.05) is 0 Å². The van der Waals surface area contributed by atoms with Crippen LogP contribution in [0.15, 0.2) is 16.9 Å². The van der Waals surface area contributed by atoms with Crippen LogP contribution in [0.1, 0.15) is 18.0 Å². The van der Waals surface area contributed by atoms with Crippen LogP contribution in [0.4, 0.5) is 0 Å². The molecule has 72 valence electrons. The lowest BCUT2D eigenvalue weighted by Crippen LogP contribution is -2.15. The molecule has 13 heavy (non-hydrogen) atoms. The predicted octanol–water partition coefficient (Wildman–Crippen LogP) is -0.537. The van der Waals surface area contributed by atoms with Crippen LogP contribution in [0.25, 0.3) is 0 Å². The van der Waals surface area contributed by atoms with Gasteiger partial charge in [0, 0.05) is 24.8 Å². The highest BCUT2D eigenvalue weighted by atomic mass is 16.3. The zero-order chi connectivity index (χ0) is 9.84. The minimum absolute atomic E-state index is 0.0469. The number of rotatable bonds is 3. The summed E-state index contributed by atoms with van der Waals surface area (Å²) in [6, 6.07) is 2.26. The maximum absolute atomic E-state index is 10.9. The molecule has 5 nitrogen and oxygen atoms in total. The molecule has 0 radical (unpaired) electrons. The molecule has 0 fully saturated rings. The van der Waals surface area contributed by atoms with Crippen molar-refractivity contribution in [1.29, 1.82) is 0 Å². The van der Waals surface area contributed by atoms with Gasteiger partial charge in [0.2, 0.25) is 0 Å². The highest BCUT2D eigenvalue weighted by molar-refractivity contribution is 5.22. The van der Waals surface area contributed by atoms with Crippen molar-refractivity contribution in [3.05, 3.63) is 28.0 Å². The van der Waals surface area contributed by atoms with Gasteiger partial charge < -0.3 is 15.9 Å². The molecule has 0 spiro atoms. The predicted molar refractivity (Wildman–Crippen MR) is 47.4 cm³/mol. The molecular formula is C8H12N2O3. The number of pyridine rings is 1. The first-order valence-corrected chi connectivity index (χ1v) is 3.93. The van der Waals surface area contributed by atoms with Crippen molar-refractivity contribution in [2.45, 2.75) is 12.5 Å². The van der Waals surface area contributed by atoms with Gasteiger partial charge in [-0.3, -0.25) is 9.78 Å². The maximum atomic E-state index is 10.9. The number of aromatic nitrogens is 1. The monoisotopic (exact) mass is 184 g/mol. The molecule has 1 atom stereocenters. The Bertz CT molecular complexity index is 334. The van der Waals surface area contributed by atoms with Crippen LogP contribution in [-0.4, -0.2) is 21.8 Å². The van der Waals surface area contributed by atoms with Gasteiger partial charge in [-0.2, -0.15) is 0 Å². The summed E-state index contributed by atoms with van der Waals surface area (Å²) in [5, 5.41) is 17.6. The smallest absolute Gasteiger partial charge is 0.250 e. The van der Waals surface area contributed by atoms with Crippen molar-refractivity contribution in [1.82, 2.24) is 4.98 Å². The second-order valence-electron chi connectivity index (χ2n) is 2.78. The number of nitrogens with two attached hydrogens (primary N) is 1. The molecular weight excluding hydrogens is 172 g/mol. The summed E-state index contributed by atoms with van der Waals surface area (Å²) in [4.78, 5) is 13.1. The Morgan fingerprint density at radius 1 is 1.54 bits per heavy atom. The SMILES string of the molecule is N[C@@H](CCO)c1cc(O)[nH]c(=O)c1. The summed E-state index contributed by atoms with van der Waals surface area (Å²) < 4.78 is 0. The first kappa shape index (κ1) is 9.76. The molecule has 0 saturated heterocycles. The number of aliphatic hydroxyl groups excluding tert-OH is 1. The third kappa shape index (κ3) is 2.57. The average molecular weight is 184 g/mol. The van der Waals surface area contributed by atoms with Gasteiger partial charge in [0.1, 0.15) is 0 Å². The Morgan fingerprint density at radius 3 is 2.77 bits per heavy atom. The fraction of sp³-hybridized carbons (Fsp3) is 0.375. The summed E-state index contributed by atoms with van der Waals surface area (Å²) in [5.41, 5.74) is 5.74. The Balaban J connectivity index is 2.94. The third-order valence-electron chi connectivity index (χ3n) is 1.72. The highest BCUT2D eigenvalue weighted by Crippen LogP contribution is 2.14. The van der Waals surface area contributed by atoms with Gasteiger partial charge in [-0.05, 0) is 12.0 Å². The van der Waals surface area contributed by atoms with Gasteiger partial charge in [0.25, 0.3) is 5.56 Å². The molecule has 0 aliphatic heterocycles. The summed E-state index contributed by atoms with van der Waals surface area (Å²) in [6.45, 7) is -0.0469. The lowest BCUT2D eigenvalue weighted by Gasteiger charge is -2.09. The topological polar surface area (TPSA) is 99.3 Å². The summed E-state index contributed by atoms with van der Waals surface area (Å²) >= 11 is 0. The molecule has 0 unspecified atom stereocenters. The third-order valence-corrected chi connectivity index (χ3v) is 1.72. The van der Waals surface area contributed by atoms with Crippen molar-refractivity contribution in [3.63, 3.8) is 0 Å². The fourth-order valence-corrected chi connectivity index (χ4v) is 1.07. The van der Waals surface area contributed by atoms with Crippen molar-refractivity contribution >= 4 is 0 Å². The highest BCUT2D eigenvalue weighted by Gasteiger charge is 2.06. The van der Waals surface area contributed by atoms with Crippen LogP contribution in [-0.2, 0) is 0 Å². The number of hydrogen-bond donors (Lipinski definition) is 4. The molecule has 1 heterocycles. The van der Waals surface area contributed by atoms with Gasteiger partial charge >= 0.3 is 0 Å². The van der Waals surface area contributed by atoms with E-state index in [2.05, 4.69) is 4.98 Å². The van der Waals surface area contributed by atoms with Gasteiger partial charge in [0.15, 0.2) is 5.88 Å². The van der Waals surface area contributed by atoms with E-state index in [9.17, 15) is 4.79 Å². The summed E-state index contributed by atoms with van der Waals surface area (Å²) in [6.07, 6.45) is 0.364. The zero-order valence-electron chi connectivity index (χ0n) is 7.03. The minimum atomic E-state index is -0.418. The van der Waals surface area contributed by atoms with E-state index in [4.69, 9.17) is 15.9 Å². The van der Waals surface area contributed by atoms with E-state index in [1.165, 1.54) is 12.1 Å². The second-order valence-corrected chi connectivity index (χ2v) is 2.78. The van der Waals surface area contributed by atoms with E-state index in [-0.39, 0.29) is 12.5 Å². The van der Waals surface area contributed by atoms with Crippen LogP contribution in [0.5, 0.6) is 5.88 Å². The molecule has 0 aliphatic carbocycles. The number of aromatic amines is 1. The van der Waals surface area contributed by atoms with Crippen molar-refractivity contribution in [2.75, 3.05) is 6.61 Å². The van der Waals surface area contributed by atoms with Crippen molar-refractivity contribution in [3.8, 4) is 5.88 Å². The molecule has 1 rings (SSSR count). The second kappa shape index (κ2) is 4.06. The van der Waals surface area contributed by atoms with Gasteiger partial charge in [-0.15, -0.1) is 0 Å². The van der Waals surface area contributed by atoms with Crippen molar-refractivity contribution in [2.24, 2.45) is 5.73 Å². The van der Waals surface area contributed by atoms with E-state index in [0.717, 1.165) is 0 Å². The molecule has 0 aliphatic rings. The Kier molecular flexibility index (Phi) is 3.05. The van der Waals surface area contributed by atoms with Crippen LogP contribution in [0, 0.1) is 0 Å². The van der Waals surface area contributed by atoms with Gasteiger partial charge in [0.05, 0.1) is 0 Å². The number of aromatic hydroxyl groups is 1. The largest absolute Gasteiger partial charge is 0.495 e. The normalized spacial score (nSPS) is 12.8. The molecule has 1 aromatic heterocycles. The minimum Gasteiger partial charge on any atom is -0.495 e. The Hall–Kier alpha value is -1.33. The summed E-state index contributed by atoms with van der Waals surface area (Å²) in [5.74, 6) is -0.212. The van der Waals surface area contributed by atoms with Crippen LogP contribution in [0.3, 0.4) is 0 Å². The Morgan fingerprint density at radius 2 is 2.23 bits per heavy atom. The average Bonchev–Trinajstić information content (AvgIpc) is 2.03. The first-order chi connectivity index (χ1) is 6.13. The van der Waals surface area contributed by atoms with E-state index in [0.29, 0.717) is 12.0 Å². The lowest BCUT2D eigenvalue weighted by atomic mass is 10.1. The molecule has 0 aromatic carbocycles.